The molecule has 1 spiro atoms. The fourth-order valence-corrected chi connectivity index (χ4v) is 4.33. The highest BCUT2D eigenvalue weighted by Gasteiger charge is 2.52. The maximum atomic E-state index is 12.7. The van der Waals surface area contributed by atoms with Crippen molar-refractivity contribution in [1.29, 1.82) is 0 Å². The van der Waals surface area contributed by atoms with Crippen molar-refractivity contribution in [3.63, 3.8) is 0 Å². The summed E-state index contributed by atoms with van der Waals surface area (Å²) in [5, 5.41) is 2.86. The van der Waals surface area contributed by atoms with Gasteiger partial charge in [-0.2, -0.15) is 0 Å². The lowest BCUT2D eigenvalue weighted by molar-refractivity contribution is -0.131. The van der Waals surface area contributed by atoms with E-state index in [2.05, 4.69) is 11.4 Å². The Morgan fingerprint density at radius 2 is 1.88 bits per heavy atom. The van der Waals surface area contributed by atoms with Gasteiger partial charge in [-0.05, 0) is 37.3 Å². The van der Waals surface area contributed by atoms with Crippen LogP contribution in [0.15, 0.2) is 24.3 Å². The number of hydrogen-bond donors (Lipinski definition) is 1. The minimum atomic E-state index is -0.697. The molecule has 1 aromatic carbocycles. The SMILES string of the molecule is O=C1NC2(CCCC2)C(=O)N1CCC(=O)N1CCCc2ccccc21. The summed E-state index contributed by atoms with van der Waals surface area (Å²) in [6, 6.07) is 7.59. The first-order chi connectivity index (χ1) is 12.1. The van der Waals surface area contributed by atoms with Crippen LogP contribution in [0, 0.1) is 0 Å². The Balaban J connectivity index is 1.43. The number of imide groups is 1. The molecule has 6 nitrogen and oxygen atoms in total. The van der Waals surface area contributed by atoms with E-state index in [4.69, 9.17) is 0 Å². The quantitative estimate of drug-likeness (QED) is 0.857. The van der Waals surface area contributed by atoms with Gasteiger partial charge in [0.1, 0.15) is 5.54 Å². The van der Waals surface area contributed by atoms with Crippen molar-refractivity contribution in [1.82, 2.24) is 10.2 Å². The highest BCUT2D eigenvalue weighted by Crippen LogP contribution is 2.35. The number of carbonyl (C=O) groups is 3. The first kappa shape index (κ1) is 16.1. The Morgan fingerprint density at radius 1 is 1.12 bits per heavy atom. The number of benzene rings is 1. The lowest BCUT2D eigenvalue weighted by Gasteiger charge is -2.30. The molecular formula is C19H23N3O3. The molecule has 0 atom stereocenters. The Kier molecular flexibility index (Phi) is 3.98. The summed E-state index contributed by atoms with van der Waals surface area (Å²) in [5.74, 6) is -0.179. The van der Waals surface area contributed by atoms with Crippen molar-refractivity contribution >= 4 is 23.5 Å². The van der Waals surface area contributed by atoms with E-state index in [1.54, 1.807) is 4.90 Å². The second-order valence-electron chi connectivity index (χ2n) is 7.20. The molecule has 132 valence electrons. The fourth-order valence-electron chi connectivity index (χ4n) is 4.33. The Bertz CT molecular complexity index is 724. The zero-order valence-corrected chi connectivity index (χ0v) is 14.3. The zero-order chi connectivity index (χ0) is 17.4. The van der Waals surface area contributed by atoms with Crippen molar-refractivity contribution in [2.75, 3.05) is 18.0 Å². The smallest absolute Gasteiger partial charge is 0.323 e. The van der Waals surface area contributed by atoms with Crippen LogP contribution < -0.4 is 10.2 Å². The molecule has 0 radical (unpaired) electrons. The van der Waals surface area contributed by atoms with E-state index >= 15 is 0 Å². The Hall–Kier alpha value is -2.37. The summed E-state index contributed by atoms with van der Waals surface area (Å²) in [6.07, 6.45) is 5.43. The lowest BCUT2D eigenvalue weighted by Crippen LogP contribution is -2.44. The third-order valence-electron chi connectivity index (χ3n) is 5.66. The zero-order valence-electron chi connectivity index (χ0n) is 14.3. The van der Waals surface area contributed by atoms with Crippen molar-refractivity contribution in [3.8, 4) is 0 Å². The number of amides is 4. The number of nitrogens with one attached hydrogen (secondary N) is 1. The number of anilines is 1. The molecule has 0 bridgehead atoms. The van der Waals surface area contributed by atoms with Crippen LogP contribution in [0.1, 0.15) is 44.1 Å². The fraction of sp³-hybridized carbons (Fsp3) is 0.526. The predicted molar refractivity (Wildman–Crippen MR) is 93.2 cm³/mol. The van der Waals surface area contributed by atoms with Crippen LogP contribution in [0.5, 0.6) is 0 Å². The van der Waals surface area contributed by atoms with E-state index in [0.29, 0.717) is 19.4 Å². The maximum Gasteiger partial charge on any atom is 0.325 e. The summed E-state index contributed by atoms with van der Waals surface area (Å²) in [4.78, 5) is 40.6. The molecule has 0 aromatic heterocycles. The molecule has 1 saturated carbocycles. The average molecular weight is 341 g/mol. The van der Waals surface area contributed by atoms with Crippen LogP contribution in [0.2, 0.25) is 0 Å². The molecule has 4 amide bonds. The van der Waals surface area contributed by atoms with Gasteiger partial charge in [-0.25, -0.2) is 4.79 Å². The van der Waals surface area contributed by atoms with Crippen LogP contribution in [-0.4, -0.2) is 41.4 Å². The summed E-state index contributed by atoms with van der Waals surface area (Å²) in [7, 11) is 0. The minimum absolute atomic E-state index is 0.0277. The molecule has 0 unspecified atom stereocenters. The number of fused-ring (bicyclic) bond motifs is 1. The van der Waals surface area contributed by atoms with Crippen LogP contribution in [0.25, 0.3) is 0 Å². The number of aryl methyl sites for hydroxylation is 1. The summed E-state index contributed by atoms with van der Waals surface area (Å²) >= 11 is 0. The number of nitrogens with zero attached hydrogens (tertiary/aromatic N) is 2. The normalized spacial score (nSPS) is 21.6. The second kappa shape index (κ2) is 6.17. The predicted octanol–water partition coefficient (Wildman–Crippen LogP) is 2.22. The van der Waals surface area contributed by atoms with E-state index in [1.807, 2.05) is 18.2 Å². The van der Waals surface area contributed by atoms with E-state index in [0.717, 1.165) is 31.4 Å². The lowest BCUT2D eigenvalue weighted by atomic mass is 9.98. The highest BCUT2D eigenvalue weighted by molar-refractivity contribution is 6.07. The molecule has 1 aliphatic carbocycles. The molecule has 4 rings (SSSR count). The molecule has 2 aliphatic heterocycles. The first-order valence-electron chi connectivity index (χ1n) is 9.13. The number of carbonyl (C=O) groups excluding carboxylic acids is 3. The van der Waals surface area contributed by atoms with Gasteiger partial charge in [0.15, 0.2) is 0 Å². The van der Waals surface area contributed by atoms with Gasteiger partial charge < -0.3 is 10.2 Å². The van der Waals surface area contributed by atoms with Crippen molar-refractivity contribution in [2.45, 2.75) is 50.5 Å². The van der Waals surface area contributed by atoms with Crippen molar-refractivity contribution in [3.05, 3.63) is 29.8 Å². The first-order valence-corrected chi connectivity index (χ1v) is 9.13. The largest absolute Gasteiger partial charge is 0.325 e. The summed E-state index contributed by atoms with van der Waals surface area (Å²) < 4.78 is 0. The van der Waals surface area contributed by atoms with Gasteiger partial charge in [0.05, 0.1) is 0 Å². The second-order valence-corrected chi connectivity index (χ2v) is 7.20. The number of para-hydroxylation sites is 1. The molecule has 1 N–H and O–H groups in total. The van der Waals surface area contributed by atoms with Gasteiger partial charge in [-0.1, -0.05) is 31.0 Å². The van der Waals surface area contributed by atoms with Crippen LogP contribution in [0.3, 0.4) is 0 Å². The van der Waals surface area contributed by atoms with E-state index in [-0.39, 0.29) is 30.8 Å². The maximum absolute atomic E-state index is 12.7. The third kappa shape index (κ3) is 2.69. The van der Waals surface area contributed by atoms with Crippen LogP contribution in [0.4, 0.5) is 10.5 Å². The average Bonchev–Trinajstić information content (AvgIpc) is 3.18. The molecule has 2 heterocycles. The molecule has 1 aromatic rings. The van der Waals surface area contributed by atoms with Gasteiger partial charge in [0.25, 0.3) is 5.91 Å². The minimum Gasteiger partial charge on any atom is -0.323 e. The molecule has 2 fully saturated rings. The monoisotopic (exact) mass is 341 g/mol. The molecule has 3 aliphatic rings. The van der Waals surface area contributed by atoms with Crippen LogP contribution >= 0.6 is 0 Å². The van der Waals surface area contributed by atoms with Crippen molar-refractivity contribution in [2.24, 2.45) is 0 Å². The van der Waals surface area contributed by atoms with Gasteiger partial charge in [0, 0.05) is 25.2 Å². The molecule has 6 heteroatoms. The van der Waals surface area contributed by atoms with E-state index in [9.17, 15) is 14.4 Å². The molecule has 1 saturated heterocycles. The standard InChI is InChI=1S/C19H23N3O3/c23-16(21-12-5-7-14-6-1-2-8-15(14)21)9-13-22-17(24)19(20-18(22)25)10-3-4-11-19/h1-2,6,8H,3-5,7,9-13H2,(H,20,25). The van der Waals surface area contributed by atoms with Gasteiger partial charge in [0.2, 0.25) is 5.91 Å². The van der Waals surface area contributed by atoms with Gasteiger partial charge >= 0.3 is 6.03 Å². The third-order valence-corrected chi connectivity index (χ3v) is 5.66. The summed E-state index contributed by atoms with van der Waals surface area (Å²) in [5.41, 5.74) is 1.45. The summed E-state index contributed by atoms with van der Waals surface area (Å²) in [6.45, 7) is 0.851. The van der Waals surface area contributed by atoms with Crippen molar-refractivity contribution < 1.29 is 14.4 Å². The van der Waals surface area contributed by atoms with Gasteiger partial charge in [-0.15, -0.1) is 0 Å². The number of urea groups is 1. The van der Waals surface area contributed by atoms with Crippen LogP contribution in [-0.2, 0) is 16.0 Å². The Morgan fingerprint density at radius 3 is 2.68 bits per heavy atom. The molecule has 25 heavy (non-hydrogen) atoms. The number of rotatable bonds is 3. The van der Waals surface area contributed by atoms with Gasteiger partial charge in [-0.3, -0.25) is 14.5 Å². The highest BCUT2D eigenvalue weighted by atomic mass is 16.2. The number of hydrogen-bond acceptors (Lipinski definition) is 3. The van der Waals surface area contributed by atoms with E-state index < -0.39 is 5.54 Å². The topological polar surface area (TPSA) is 69.7 Å². The Labute approximate surface area is 147 Å². The van der Waals surface area contributed by atoms with E-state index in [1.165, 1.54) is 10.5 Å². The molecular weight excluding hydrogens is 318 g/mol.